The lowest BCUT2D eigenvalue weighted by Gasteiger charge is -2.22. The third-order valence-electron chi connectivity index (χ3n) is 2.74. The van der Waals surface area contributed by atoms with Gasteiger partial charge in [0.1, 0.15) is 0 Å². The first-order valence-corrected chi connectivity index (χ1v) is 6.22. The normalized spacial score (nSPS) is 15.3. The summed E-state index contributed by atoms with van der Waals surface area (Å²) in [6.07, 6.45) is 0.723. The van der Waals surface area contributed by atoms with E-state index in [4.69, 9.17) is 0 Å². The summed E-state index contributed by atoms with van der Waals surface area (Å²) in [6.45, 7) is 6.22. The van der Waals surface area contributed by atoms with Gasteiger partial charge in [0, 0.05) is 4.47 Å². The molecule has 1 N–H and O–H groups in total. The average molecular weight is 271 g/mol. The Hall–Kier alpha value is -0.340. The summed E-state index contributed by atoms with van der Waals surface area (Å²) in [5.41, 5.74) is 1.28. The molecule has 0 saturated carbocycles. The van der Waals surface area contributed by atoms with Crippen molar-refractivity contribution in [2.45, 2.75) is 33.3 Å². The van der Waals surface area contributed by atoms with Crippen molar-refractivity contribution in [1.82, 2.24) is 0 Å². The van der Waals surface area contributed by atoms with Gasteiger partial charge >= 0.3 is 0 Å². The van der Waals surface area contributed by atoms with Gasteiger partial charge < -0.3 is 5.11 Å². The lowest BCUT2D eigenvalue weighted by atomic mass is 9.90. The van der Waals surface area contributed by atoms with Crippen LogP contribution in [0.15, 0.2) is 28.7 Å². The molecule has 0 bridgehead atoms. The van der Waals surface area contributed by atoms with E-state index in [1.54, 1.807) is 0 Å². The van der Waals surface area contributed by atoms with Crippen LogP contribution < -0.4 is 0 Å². The van der Waals surface area contributed by atoms with Crippen LogP contribution in [0.25, 0.3) is 0 Å². The van der Waals surface area contributed by atoms with Gasteiger partial charge in [-0.1, -0.05) is 48.8 Å². The Labute approximate surface area is 101 Å². The molecule has 1 nitrogen and oxygen atoms in total. The van der Waals surface area contributed by atoms with Gasteiger partial charge in [0.05, 0.1) is 6.10 Å². The molecule has 1 rings (SSSR count). The Kier molecular flexibility index (Phi) is 4.81. The maximum Gasteiger partial charge on any atom is 0.0591 e. The Morgan fingerprint density at radius 2 is 1.67 bits per heavy atom. The second-order valence-electron chi connectivity index (χ2n) is 4.54. The minimum Gasteiger partial charge on any atom is -0.393 e. The number of benzene rings is 1. The molecule has 0 aromatic heterocycles. The van der Waals surface area contributed by atoms with E-state index in [-0.39, 0.29) is 6.10 Å². The van der Waals surface area contributed by atoms with Crippen molar-refractivity contribution >= 4 is 15.9 Å². The molecule has 84 valence electrons. The van der Waals surface area contributed by atoms with E-state index in [0.29, 0.717) is 11.8 Å². The van der Waals surface area contributed by atoms with Gasteiger partial charge in [0.15, 0.2) is 0 Å². The van der Waals surface area contributed by atoms with Crippen LogP contribution in [0.3, 0.4) is 0 Å². The quantitative estimate of drug-likeness (QED) is 0.886. The first kappa shape index (κ1) is 12.7. The summed E-state index contributed by atoms with van der Waals surface area (Å²) in [4.78, 5) is 0. The second kappa shape index (κ2) is 5.66. The molecule has 1 aromatic carbocycles. The molecule has 0 radical (unpaired) electrons. The van der Waals surface area contributed by atoms with Crippen LogP contribution in [0.1, 0.15) is 26.3 Å². The van der Waals surface area contributed by atoms with Crippen LogP contribution in [0.4, 0.5) is 0 Å². The second-order valence-corrected chi connectivity index (χ2v) is 5.46. The van der Waals surface area contributed by atoms with Gasteiger partial charge in [0.25, 0.3) is 0 Å². The predicted octanol–water partition coefficient (Wildman–Crippen LogP) is 3.64. The Morgan fingerprint density at radius 1 is 1.13 bits per heavy atom. The van der Waals surface area contributed by atoms with E-state index in [1.165, 1.54) is 5.56 Å². The molecular formula is C13H19BrO. The van der Waals surface area contributed by atoms with Gasteiger partial charge in [-0.2, -0.15) is 0 Å². The van der Waals surface area contributed by atoms with Crippen molar-refractivity contribution in [2.24, 2.45) is 11.8 Å². The number of halogens is 1. The topological polar surface area (TPSA) is 20.2 Å². The first-order valence-electron chi connectivity index (χ1n) is 5.43. The molecule has 2 unspecified atom stereocenters. The Balaban J connectivity index is 2.58. The highest BCUT2D eigenvalue weighted by Gasteiger charge is 2.17. The summed E-state index contributed by atoms with van der Waals surface area (Å²) < 4.78 is 1.10. The van der Waals surface area contributed by atoms with Crippen molar-refractivity contribution in [1.29, 1.82) is 0 Å². The summed E-state index contributed by atoms with van der Waals surface area (Å²) in [5, 5.41) is 9.90. The standard InChI is InChI=1S/C13H19BrO/c1-9(2)13(15)10(3)8-11-4-6-12(14)7-5-11/h4-7,9-10,13,15H,8H2,1-3H3. The van der Waals surface area contributed by atoms with Crippen molar-refractivity contribution in [3.8, 4) is 0 Å². The fraction of sp³-hybridized carbons (Fsp3) is 0.538. The smallest absolute Gasteiger partial charge is 0.0591 e. The molecule has 0 fully saturated rings. The van der Waals surface area contributed by atoms with E-state index in [0.717, 1.165) is 10.9 Å². The van der Waals surface area contributed by atoms with Crippen molar-refractivity contribution in [3.05, 3.63) is 34.3 Å². The van der Waals surface area contributed by atoms with Crippen molar-refractivity contribution in [2.75, 3.05) is 0 Å². The van der Waals surface area contributed by atoms with E-state index in [2.05, 4.69) is 48.8 Å². The summed E-state index contributed by atoms with van der Waals surface area (Å²) in [5.74, 6) is 0.640. The van der Waals surface area contributed by atoms with Crippen molar-refractivity contribution < 1.29 is 5.11 Å². The minimum atomic E-state index is -0.214. The van der Waals surface area contributed by atoms with E-state index in [1.807, 2.05) is 12.1 Å². The highest BCUT2D eigenvalue weighted by molar-refractivity contribution is 9.10. The Bertz CT molecular complexity index is 292. The summed E-state index contributed by atoms with van der Waals surface area (Å²) in [7, 11) is 0. The number of hydrogen-bond donors (Lipinski definition) is 1. The molecule has 0 aliphatic carbocycles. The maximum absolute atomic E-state index is 9.90. The number of rotatable bonds is 4. The third-order valence-corrected chi connectivity index (χ3v) is 3.27. The SMILES string of the molecule is CC(C)C(O)C(C)Cc1ccc(Br)cc1. The molecule has 0 spiro atoms. The van der Waals surface area contributed by atoms with Crippen LogP contribution in [0.2, 0.25) is 0 Å². The molecule has 0 saturated heterocycles. The highest BCUT2D eigenvalue weighted by Crippen LogP contribution is 2.19. The van der Waals surface area contributed by atoms with Crippen LogP contribution in [-0.4, -0.2) is 11.2 Å². The lowest BCUT2D eigenvalue weighted by Crippen LogP contribution is -2.25. The molecule has 0 heterocycles. The zero-order valence-corrected chi connectivity index (χ0v) is 11.2. The number of aliphatic hydroxyl groups is 1. The number of hydrogen-bond acceptors (Lipinski definition) is 1. The maximum atomic E-state index is 9.90. The van der Waals surface area contributed by atoms with Crippen LogP contribution in [0.5, 0.6) is 0 Å². The molecule has 1 aromatic rings. The fourth-order valence-corrected chi connectivity index (χ4v) is 2.03. The van der Waals surface area contributed by atoms with Crippen molar-refractivity contribution in [3.63, 3.8) is 0 Å². The lowest BCUT2D eigenvalue weighted by molar-refractivity contribution is 0.0724. The molecule has 0 aliphatic heterocycles. The van der Waals surface area contributed by atoms with Crippen LogP contribution in [0, 0.1) is 11.8 Å². The highest BCUT2D eigenvalue weighted by atomic mass is 79.9. The molecule has 0 aliphatic rings. The largest absolute Gasteiger partial charge is 0.393 e. The molecule has 15 heavy (non-hydrogen) atoms. The van der Waals surface area contributed by atoms with Gasteiger partial charge in [-0.25, -0.2) is 0 Å². The van der Waals surface area contributed by atoms with Crippen LogP contribution in [-0.2, 0) is 6.42 Å². The number of aliphatic hydroxyl groups excluding tert-OH is 1. The zero-order chi connectivity index (χ0) is 11.4. The first-order chi connectivity index (χ1) is 7.00. The third kappa shape index (κ3) is 3.96. The fourth-order valence-electron chi connectivity index (χ4n) is 1.77. The average Bonchev–Trinajstić information content (AvgIpc) is 2.20. The van der Waals surface area contributed by atoms with Crippen LogP contribution >= 0.6 is 15.9 Å². The van der Waals surface area contributed by atoms with E-state index in [9.17, 15) is 5.11 Å². The molecular weight excluding hydrogens is 252 g/mol. The van der Waals surface area contributed by atoms with Gasteiger partial charge in [-0.3, -0.25) is 0 Å². The summed E-state index contributed by atoms with van der Waals surface area (Å²) >= 11 is 3.41. The van der Waals surface area contributed by atoms with Gasteiger partial charge in [-0.05, 0) is 36.0 Å². The summed E-state index contributed by atoms with van der Waals surface area (Å²) in [6, 6.07) is 8.30. The van der Waals surface area contributed by atoms with E-state index >= 15 is 0 Å². The molecule has 2 heteroatoms. The predicted molar refractivity (Wildman–Crippen MR) is 67.9 cm³/mol. The monoisotopic (exact) mass is 270 g/mol. The van der Waals surface area contributed by atoms with Gasteiger partial charge in [-0.15, -0.1) is 0 Å². The minimum absolute atomic E-state index is 0.214. The zero-order valence-electron chi connectivity index (χ0n) is 9.57. The molecule has 2 atom stereocenters. The molecule has 0 amide bonds. The van der Waals surface area contributed by atoms with Gasteiger partial charge in [0.2, 0.25) is 0 Å². The Morgan fingerprint density at radius 3 is 2.13 bits per heavy atom. The van der Waals surface area contributed by atoms with E-state index < -0.39 is 0 Å².